The van der Waals surface area contributed by atoms with E-state index in [4.69, 9.17) is 4.74 Å². The molecule has 0 saturated heterocycles. The lowest BCUT2D eigenvalue weighted by Gasteiger charge is -2.33. The van der Waals surface area contributed by atoms with Crippen LogP contribution in [-0.4, -0.2) is 61.1 Å². The molecule has 0 aliphatic heterocycles. The van der Waals surface area contributed by atoms with Gasteiger partial charge in [-0.3, -0.25) is 14.4 Å². The van der Waals surface area contributed by atoms with Crippen LogP contribution >= 0.6 is 0 Å². The van der Waals surface area contributed by atoms with Gasteiger partial charge in [-0.15, -0.1) is 0 Å². The number of nitrogens with one attached hydrogen (secondary N) is 2. The van der Waals surface area contributed by atoms with Crippen molar-refractivity contribution in [2.75, 3.05) is 26.7 Å². The van der Waals surface area contributed by atoms with E-state index in [-0.39, 0.29) is 13.1 Å². The van der Waals surface area contributed by atoms with Gasteiger partial charge in [-0.1, -0.05) is 38.0 Å². The molecule has 1 atom stereocenters. The Kier molecular flexibility index (Phi) is 11.5. The predicted octanol–water partition coefficient (Wildman–Crippen LogP) is 3.18. The van der Waals surface area contributed by atoms with Gasteiger partial charge < -0.3 is 25.0 Å². The molecule has 0 aliphatic carbocycles. The summed E-state index contributed by atoms with van der Waals surface area (Å²) in [5, 5.41) is 5.07. The minimum atomic E-state index is -0.976. The molecule has 0 heterocycles. The summed E-state index contributed by atoms with van der Waals surface area (Å²) in [5.41, 5.74) is 1.66. The molecule has 190 valence electrons. The van der Waals surface area contributed by atoms with Gasteiger partial charge in [0.25, 0.3) is 0 Å². The highest BCUT2D eigenvalue weighted by Crippen LogP contribution is 2.28. The first kappa shape index (κ1) is 28.9. The Morgan fingerprint density at radius 2 is 1.62 bits per heavy atom. The first-order chi connectivity index (χ1) is 15.9. The van der Waals surface area contributed by atoms with Crippen LogP contribution in [0.5, 0.6) is 0 Å². The zero-order chi connectivity index (χ0) is 25.9. The van der Waals surface area contributed by atoms with Crippen LogP contribution in [0.2, 0.25) is 0 Å². The van der Waals surface area contributed by atoms with E-state index >= 15 is 0 Å². The lowest BCUT2D eigenvalue weighted by Crippen LogP contribution is -2.49. The van der Waals surface area contributed by atoms with Crippen LogP contribution in [0.4, 0.5) is 4.79 Å². The molecule has 34 heavy (non-hydrogen) atoms. The second kappa shape index (κ2) is 13.6. The van der Waals surface area contributed by atoms with E-state index in [0.717, 1.165) is 24.0 Å². The van der Waals surface area contributed by atoms with E-state index in [1.807, 2.05) is 39.0 Å². The van der Waals surface area contributed by atoms with E-state index in [1.165, 1.54) is 12.0 Å². The zero-order valence-corrected chi connectivity index (χ0v) is 21.4. The van der Waals surface area contributed by atoms with Crippen LogP contribution in [-0.2, 0) is 23.9 Å². The molecule has 3 amide bonds. The highest BCUT2D eigenvalue weighted by Gasteiger charge is 2.33. The lowest BCUT2D eigenvalue weighted by molar-refractivity contribution is -0.143. The molecule has 0 bridgehead atoms. The molecule has 0 aliphatic rings. The van der Waals surface area contributed by atoms with Crippen molar-refractivity contribution in [3.8, 4) is 0 Å². The van der Waals surface area contributed by atoms with Crippen molar-refractivity contribution in [3.63, 3.8) is 0 Å². The van der Waals surface area contributed by atoms with Gasteiger partial charge in [0, 0.05) is 6.54 Å². The Morgan fingerprint density at radius 1 is 1.00 bits per heavy atom. The standard InChI is InChI=1S/C25H39N3O6/c1-8-9-10-14-28(19(29)15-27-24(32)34-25(4,5)6)22(23(31)26-16-20(30)33-7)21-17(2)12-11-13-18(21)3/h11-13,22H,8-10,14-16H2,1-7H3,(H,26,31)(H,27,32). The molecular formula is C25H39N3O6. The first-order valence-electron chi connectivity index (χ1n) is 11.6. The third kappa shape index (κ3) is 9.41. The number of carbonyl (C=O) groups excluding carboxylic acids is 4. The van der Waals surface area contributed by atoms with Gasteiger partial charge in [0.1, 0.15) is 24.7 Å². The number of hydrogen-bond acceptors (Lipinski definition) is 6. The smallest absolute Gasteiger partial charge is 0.408 e. The summed E-state index contributed by atoms with van der Waals surface area (Å²) in [6, 6.07) is 4.65. The molecule has 2 N–H and O–H groups in total. The van der Waals surface area contributed by atoms with Crippen molar-refractivity contribution in [1.82, 2.24) is 15.5 Å². The number of alkyl carbamates (subject to hydrolysis) is 1. The van der Waals surface area contributed by atoms with Crippen LogP contribution in [0, 0.1) is 13.8 Å². The normalized spacial score (nSPS) is 11.9. The van der Waals surface area contributed by atoms with Crippen LogP contribution in [0.25, 0.3) is 0 Å². The van der Waals surface area contributed by atoms with E-state index in [2.05, 4.69) is 15.4 Å². The number of hydrogen-bond donors (Lipinski definition) is 2. The molecule has 0 fully saturated rings. The number of ether oxygens (including phenoxy) is 2. The summed E-state index contributed by atoms with van der Waals surface area (Å²) in [5.74, 6) is -1.52. The molecule has 0 spiro atoms. The Hall–Kier alpha value is -3.10. The maximum atomic E-state index is 13.3. The zero-order valence-electron chi connectivity index (χ0n) is 21.4. The number of rotatable bonds is 11. The van der Waals surface area contributed by atoms with Crippen molar-refractivity contribution in [2.45, 2.75) is 72.4 Å². The molecule has 9 heteroatoms. The maximum absolute atomic E-state index is 13.3. The van der Waals surface area contributed by atoms with Crippen molar-refractivity contribution < 1.29 is 28.7 Å². The topological polar surface area (TPSA) is 114 Å². The average molecular weight is 478 g/mol. The van der Waals surface area contributed by atoms with Crippen LogP contribution < -0.4 is 10.6 Å². The second-order valence-corrected chi connectivity index (χ2v) is 9.15. The monoisotopic (exact) mass is 477 g/mol. The second-order valence-electron chi connectivity index (χ2n) is 9.15. The molecule has 9 nitrogen and oxygen atoms in total. The Morgan fingerprint density at radius 3 is 2.15 bits per heavy atom. The Labute approximate surface area is 202 Å². The third-order valence-electron chi connectivity index (χ3n) is 5.12. The minimum Gasteiger partial charge on any atom is -0.468 e. The molecule has 1 aromatic carbocycles. The van der Waals surface area contributed by atoms with Crippen molar-refractivity contribution >= 4 is 23.9 Å². The molecule has 1 aromatic rings. The van der Waals surface area contributed by atoms with Gasteiger partial charge in [-0.2, -0.15) is 0 Å². The number of nitrogens with zero attached hydrogens (tertiary/aromatic N) is 1. The van der Waals surface area contributed by atoms with Crippen LogP contribution in [0.15, 0.2) is 18.2 Å². The van der Waals surface area contributed by atoms with Gasteiger partial charge in [0.2, 0.25) is 11.8 Å². The van der Waals surface area contributed by atoms with Gasteiger partial charge in [0.05, 0.1) is 7.11 Å². The van der Waals surface area contributed by atoms with E-state index in [1.54, 1.807) is 20.8 Å². The summed E-state index contributed by atoms with van der Waals surface area (Å²) in [7, 11) is 1.24. The highest BCUT2D eigenvalue weighted by atomic mass is 16.6. The Balaban J connectivity index is 3.30. The fraction of sp³-hybridized carbons (Fsp3) is 0.600. The maximum Gasteiger partial charge on any atom is 0.408 e. The quantitative estimate of drug-likeness (QED) is 0.374. The Bertz CT molecular complexity index is 842. The number of benzene rings is 1. The molecule has 1 unspecified atom stereocenters. The van der Waals surface area contributed by atoms with E-state index in [0.29, 0.717) is 18.5 Å². The molecule has 0 radical (unpaired) electrons. The summed E-state index contributed by atoms with van der Waals surface area (Å²) < 4.78 is 9.85. The molecule has 0 saturated carbocycles. The number of carbonyl (C=O) groups is 4. The third-order valence-corrected chi connectivity index (χ3v) is 5.12. The number of aryl methyl sites for hydroxylation is 2. The molecule has 1 rings (SSSR count). The van der Waals surface area contributed by atoms with Crippen LogP contribution in [0.1, 0.15) is 69.7 Å². The summed E-state index contributed by atoms with van der Waals surface area (Å²) in [4.78, 5) is 51.9. The van der Waals surface area contributed by atoms with Gasteiger partial charge in [-0.05, 0) is 57.7 Å². The summed E-state index contributed by atoms with van der Waals surface area (Å²) in [6.07, 6.45) is 1.77. The van der Waals surface area contributed by atoms with Gasteiger partial charge in [0.15, 0.2) is 0 Å². The largest absolute Gasteiger partial charge is 0.468 e. The first-order valence-corrected chi connectivity index (χ1v) is 11.6. The fourth-order valence-corrected chi connectivity index (χ4v) is 3.51. The molecule has 0 aromatic heterocycles. The van der Waals surface area contributed by atoms with Gasteiger partial charge >= 0.3 is 12.1 Å². The number of esters is 1. The summed E-state index contributed by atoms with van der Waals surface area (Å²) in [6.45, 7) is 10.6. The van der Waals surface area contributed by atoms with Crippen molar-refractivity contribution in [2.24, 2.45) is 0 Å². The minimum absolute atomic E-state index is 0.312. The molecular weight excluding hydrogens is 438 g/mol. The highest BCUT2D eigenvalue weighted by molar-refractivity contribution is 5.92. The number of amides is 3. The average Bonchev–Trinajstić information content (AvgIpc) is 2.75. The number of unbranched alkanes of at least 4 members (excludes halogenated alkanes) is 2. The van der Waals surface area contributed by atoms with E-state index in [9.17, 15) is 19.2 Å². The SMILES string of the molecule is CCCCCN(C(=O)CNC(=O)OC(C)(C)C)C(C(=O)NCC(=O)OC)c1c(C)cccc1C. The van der Waals surface area contributed by atoms with Crippen molar-refractivity contribution in [1.29, 1.82) is 0 Å². The van der Waals surface area contributed by atoms with Gasteiger partial charge in [-0.25, -0.2) is 4.79 Å². The fourth-order valence-electron chi connectivity index (χ4n) is 3.51. The summed E-state index contributed by atoms with van der Waals surface area (Å²) >= 11 is 0. The van der Waals surface area contributed by atoms with Crippen LogP contribution in [0.3, 0.4) is 0 Å². The lowest BCUT2D eigenvalue weighted by atomic mass is 9.93. The van der Waals surface area contributed by atoms with Crippen molar-refractivity contribution in [3.05, 3.63) is 34.9 Å². The van der Waals surface area contributed by atoms with E-state index < -0.39 is 35.5 Å². The number of methoxy groups -OCH3 is 1. The predicted molar refractivity (Wildman–Crippen MR) is 129 cm³/mol.